The number of fused-ring (bicyclic) bond motifs is 1. The van der Waals surface area contributed by atoms with Gasteiger partial charge >= 0.3 is 0 Å². The fourth-order valence-corrected chi connectivity index (χ4v) is 1.37. The lowest BCUT2D eigenvalue weighted by Gasteiger charge is -2.20. The predicted octanol–water partition coefficient (Wildman–Crippen LogP) is -0.0756. The molecule has 0 atom stereocenters. The van der Waals surface area contributed by atoms with Crippen LogP contribution in [0.4, 0.5) is 11.4 Å². The van der Waals surface area contributed by atoms with Crippen LogP contribution in [0, 0.1) is 0 Å². The minimum atomic E-state index is -0.544. The van der Waals surface area contributed by atoms with E-state index in [1.165, 1.54) is 0 Å². The summed E-state index contributed by atoms with van der Waals surface area (Å²) in [5.74, 6) is 4.01. The molecule has 0 saturated carbocycles. The molecule has 82 valence electrons. The summed E-state index contributed by atoms with van der Waals surface area (Å²) in [5.41, 5.74) is 3.49. The van der Waals surface area contributed by atoms with Gasteiger partial charge in [-0.05, 0) is 12.1 Å². The van der Waals surface area contributed by atoms with Crippen molar-refractivity contribution in [3.8, 4) is 0 Å². The summed E-state index contributed by atoms with van der Waals surface area (Å²) in [5, 5.41) is 5.49. The van der Waals surface area contributed by atoms with Crippen LogP contribution in [0.3, 0.4) is 0 Å². The Morgan fingerprint density at radius 3 is 2.50 bits per heavy atom. The van der Waals surface area contributed by atoms with Gasteiger partial charge in [0.25, 0.3) is 11.8 Å². The molecular formula is C10H10N4O2. The van der Waals surface area contributed by atoms with Crippen molar-refractivity contribution in [3.05, 3.63) is 36.0 Å². The first-order valence-electron chi connectivity index (χ1n) is 4.60. The number of benzene rings is 1. The van der Waals surface area contributed by atoms with Crippen molar-refractivity contribution in [1.82, 2.24) is 5.43 Å². The average Bonchev–Trinajstić information content (AvgIpc) is 2.30. The molecule has 2 rings (SSSR count). The van der Waals surface area contributed by atoms with E-state index >= 15 is 0 Å². The van der Waals surface area contributed by atoms with Crippen LogP contribution in [0.5, 0.6) is 0 Å². The van der Waals surface area contributed by atoms with Gasteiger partial charge in [0.15, 0.2) is 0 Å². The number of para-hydroxylation sites is 2. The third-order valence-corrected chi connectivity index (χ3v) is 2.11. The Labute approximate surface area is 91.5 Å². The molecule has 5 N–H and O–H groups in total. The van der Waals surface area contributed by atoms with E-state index in [4.69, 9.17) is 5.84 Å². The minimum Gasteiger partial charge on any atom is -0.349 e. The Hall–Kier alpha value is -2.34. The van der Waals surface area contributed by atoms with Crippen LogP contribution in [0.1, 0.15) is 0 Å². The van der Waals surface area contributed by atoms with Gasteiger partial charge in [-0.1, -0.05) is 12.1 Å². The zero-order valence-electron chi connectivity index (χ0n) is 8.28. The van der Waals surface area contributed by atoms with Crippen LogP contribution in [-0.4, -0.2) is 11.8 Å². The van der Waals surface area contributed by atoms with Crippen molar-refractivity contribution in [2.75, 3.05) is 10.6 Å². The third-order valence-electron chi connectivity index (χ3n) is 2.11. The molecule has 6 nitrogen and oxygen atoms in total. The largest absolute Gasteiger partial charge is 0.349 e. The van der Waals surface area contributed by atoms with Crippen LogP contribution in [0.2, 0.25) is 0 Å². The molecule has 0 fully saturated rings. The van der Waals surface area contributed by atoms with E-state index in [2.05, 4.69) is 10.6 Å². The lowest BCUT2D eigenvalue weighted by Crippen LogP contribution is -2.32. The zero-order valence-corrected chi connectivity index (χ0v) is 8.28. The molecular weight excluding hydrogens is 208 g/mol. The zero-order chi connectivity index (χ0) is 11.5. The summed E-state index contributed by atoms with van der Waals surface area (Å²) in [4.78, 5) is 22.6. The van der Waals surface area contributed by atoms with Gasteiger partial charge in [-0.3, -0.25) is 15.0 Å². The van der Waals surface area contributed by atoms with Crippen molar-refractivity contribution in [3.63, 3.8) is 0 Å². The summed E-state index contributed by atoms with van der Waals surface area (Å²) >= 11 is 0. The van der Waals surface area contributed by atoms with E-state index in [9.17, 15) is 9.59 Å². The number of carbonyl (C=O) groups is 2. The van der Waals surface area contributed by atoms with E-state index in [0.29, 0.717) is 5.69 Å². The number of carbonyl (C=O) groups excluding carboxylic acids is 2. The van der Waals surface area contributed by atoms with Crippen molar-refractivity contribution in [1.29, 1.82) is 0 Å². The van der Waals surface area contributed by atoms with Gasteiger partial charge in [0.2, 0.25) is 0 Å². The van der Waals surface area contributed by atoms with Gasteiger partial charge in [0.1, 0.15) is 5.70 Å². The SMILES string of the molecule is NNC(=O)/C=C1\Nc2ccccc2NC1=O. The third kappa shape index (κ3) is 1.86. The van der Waals surface area contributed by atoms with Crippen LogP contribution >= 0.6 is 0 Å². The summed E-state index contributed by atoms with van der Waals surface area (Å²) in [6, 6.07) is 7.19. The summed E-state index contributed by atoms with van der Waals surface area (Å²) < 4.78 is 0. The van der Waals surface area contributed by atoms with E-state index in [-0.39, 0.29) is 11.6 Å². The van der Waals surface area contributed by atoms with Crippen molar-refractivity contribution in [2.24, 2.45) is 5.84 Å². The Kier molecular flexibility index (Phi) is 2.57. The quantitative estimate of drug-likeness (QED) is 0.229. The lowest BCUT2D eigenvalue weighted by atomic mass is 10.2. The first-order valence-corrected chi connectivity index (χ1v) is 4.60. The number of hydrogen-bond donors (Lipinski definition) is 4. The fourth-order valence-electron chi connectivity index (χ4n) is 1.37. The van der Waals surface area contributed by atoms with Crippen molar-refractivity contribution < 1.29 is 9.59 Å². The summed E-state index contributed by atoms with van der Waals surface area (Å²) in [7, 11) is 0. The summed E-state index contributed by atoms with van der Waals surface area (Å²) in [6.07, 6.45) is 1.10. The molecule has 0 bridgehead atoms. The smallest absolute Gasteiger partial charge is 0.272 e. The van der Waals surface area contributed by atoms with Gasteiger partial charge < -0.3 is 10.6 Å². The highest BCUT2D eigenvalue weighted by Crippen LogP contribution is 2.26. The van der Waals surface area contributed by atoms with Gasteiger partial charge in [-0.2, -0.15) is 0 Å². The molecule has 0 aliphatic carbocycles. The van der Waals surface area contributed by atoms with Gasteiger partial charge in [-0.25, -0.2) is 5.84 Å². The van der Waals surface area contributed by atoms with E-state index < -0.39 is 5.91 Å². The molecule has 1 aliphatic rings. The normalized spacial score (nSPS) is 16.1. The number of rotatable bonds is 1. The molecule has 6 heteroatoms. The number of nitrogens with one attached hydrogen (secondary N) is 3. The molecule has 1 heterocycles. The van der Waals surface area contributed by atoms with Crippen LogP contribution < -0.4 is 21.9 Å². The molecule has 0 saturated heterocycles. The van der Waals surface area contributed by atoms with E-state index in [1.54, 1.807) is 12.1 Å². The molecule has 1 aromatic carbocycles. The summed E-state index contributed by atoms with van der Waals surface area (Å²) in [6.45, 7) is 0. The highest BCUT2D eigenvalue weighted by atomic mass is 16.2. The van der Waals surface area contributed by atoms with Gasteiger partial charge in [0.05, 0.1) is 11.4 Å². The second-order valence-corrected chi connectivity index (χ2v) is 3.19. The number of hydrazine groups is 1. The Morgan fingerprint density at radius 1 is 1.25 bits per heavy atom. The maximum Gasteiger partial charge on any atom is 0.272 e. The molecule has 0 spiro atoms. The maximum absolute atomic E-state index is 11.5. The minimum absolute atomic E-state index is 0.154. The molecule has 1 aromatic rings. The first-order chi connectivity index (χ1) is 7.70. The van der Waals surface area contributed by atoms with Crippen molar-refractivity contribution >= 4 is 23.2 Å². The highest BCUT2D eigenvalue weighted by Gasteiger charge is 2.19. The maximum atomic E-state index is 11.5. The molecule has 16 heavy (non-hydrogen) atoms. The fraction of sp³-hybridized carbons (Fsp3) is 0. The number of hydrogen-bond acceptors (Lipinski definition) is 4. The lowest BCUT2D eigenvalue weighted by molar-refractivity contribution is -0.117. The number of nitrogens with two attached hydrogens (primary N) is 1. The van der Waals surface area contributed by atoms with Crippen LogP contribution in [0.25, 0.3) is 0 Å². The molecule has 0 aromatic heterocycles. The Morgan fingerprint density at radius 2 is 1.88 bits per heavy atom. The monoisotopic (exact) mass is 218 g/mol. The molecule has 1 aliphatic heterocycles. The van der Waals surface area contributed by atoms with Gasteiger partial charge in [0, 0.05) is 6.08 Å². The second kappa shape index (κ2) is 4.03. The topological polar surface area (TPSA) is 96.2 Å². The van der Waals surface area contributed by atoms with Crippen molar-refractivity contribution in [2.45, 2.75) is 0 Å². The first kappa shape index (κ1) is 10.2. The van der Waals surface area contributed by atoms with E-state index in [0.717, 1.165) is 11.8 Å². The molecule has 2 amide bonds. The Bertz CT molecular complexity index is 481. The number of amides is 2. The van der Waals surface area contributed by atoms with Gasteiger partial charge in [-0.15, -0.1) is 0 Å². The second-order valence-electron chi connectivity index (χ2n) is 3.19. The predicted molar refractivity (Wildman–Crippen MR) is 59.1 cm³/mol. The Balaban J connectivity index is 2.31. The average molecular weight is 218 g/mol. The molecule has 0 unspecified atom stereocenters. The standard InChI is InChI=1S/C10H10N4O2/c11-14-9(15)5-8-10(16)13-7-4-2-1-3-6(7)12-8/h1-5,12H,11H2,(H,13,16)(H,14,15)/b8-5-. The van der Waals surface area contributed by atoms with Crippen LogP contribution in [0.15, 0.2) is 36.0 Å². The highest BCUT2D eigenvalue weighted by molar-refractivity contribution is 6.13. The van der Waals surface area contributed by atoms with Crippen LogP contribution in [-0.2, 0) is 9.59 Å². The van der Waals surface area contributed by atoms with E-state index in [1.807, 2.05) is 17.6 Å². The number of anilines is 2. The molecule has 0 radical (unpaired) electrons.